The third kappa shape index (κ3) is 4.17. The molecule has 0 N–H and O–H groups in total. The molecule has 2 aliphatic carbocycles. The van der Waals surface area contributed by atoms with Crippen molar-refractivity contribution in [1.82, 2.24) is 4.57 Å². The molecule has 3 heteroatoms. The van der Waals surface area contributed by atoms with Gasteiger partial charge in [-0.2, -0.15) is 0 Å². The Morgan fingerprint density at radius 2 is 1.42 bits per heavy atom. The zero-order valence-electron chi connectivity index (χ0n) is 29.2. The average Bonchev–Trinajstić information content (AvgIpc) is 3.74. The number of nitrogens with zero attached hydrogens (tertiary/aromatic N) is 2. The van der Waals surface area contributed by atoms with E-state index in [1.165, 1.54) is 81.2 Å². The molecule has 1 aliphatic heterocycles. The SMILES string of the molecule is CC1(C)c2cc(-c3ccc(N(C4=C5C=CC=CC5CC=C4)c4ccccc4)cc3)ccc2-n2c3ccccc3c3c4sc5ccccc5c4cc1c32. The van der Waals surface area contributed by atoms with E-state index in [-0.39, 0.29) is 5.41 Å². The van der Waals surface area contributed by atoms with Crippen molar-refractivity contribution in [1.29, 1.82) is 0 Å². The maximum Gasteiger partial charge on any atom is 0.0596 e. The second-order valence-electron chi connectivity index (χ2n) is 14.9. The van der Waals surface area contributed by atoms with Crippen LogP contribution >= 0.6 is 11.3 Å². The summed E-state index contributed by atoms with van der Waals surface area (Å²) in [6.45, 7) is 4.84. The Bertz CT molecular complexity index is 2890. The first-order valence-corrected chi connectivity index (χ1v) is 19.1. The largest absolute Gasteiger partial charge is 0.310 e. The Morgan fingerprint density at radius 3 is 2.29 bits per heavy atom. The Labute approximate surface area is 307 Å². The molecular formula is C49H36N2S. The topological polar surface area (TPSA) is 8.17 Å². The number of thiophene rings is 1. The minimum absolute atomic E-state index is 0.199. The van der Waals surface area contributed by atoms with Crippen LogP contribution in [0.15, 0.2) is 175 Å². The van der Waals surface area contributed by atoms with Gasteiger partial charge in [0.05, 0.1) is 16.7 Å². The van der Waals surface area contributed by atoms with Gasteiger partial charge in [-0.15, -0.1) is 11.3 Å². The van der Waals surface area contributed by atoms with E-state index in [1.54, 1.807) is 0 Å². The van der Waals surface area contributed by atoms with Gasteiger partial charge in [0.25, 0.3) is 0 Å². The zero-order valence-corrected chi connectivity index (χ0v) is 30.0. The number of rotatable bonds is 4. The van der Waals surface area contributed by atoms with Gasteiger partial charge in [0.2, 0.25) is 0 Å². The molecule has 2 aromatic heterocycles. The van der Waals surface area contributed by atoms with Gasteiger partial charge in [-0.3, -0.25) is 0 Å². The smallest absolute Gasteiger partial charge is 0.0596 e. The number of hydrogen-bond donors (Lipinski definition) is 0. The summed E-state index contributed by atoms with van der Waals surface area (Å²) in [5.41, 5.74) is 13.9. The molecule has 0 fully saturated rings. The first-order chi connectivity index (χ1) is 25.6. The van der Waals surface area contributed by atoms with Crippen LogP contribution in [0.2, 0.25) is 0 Å². The van der Waals surface area contributed by atoms with E-state index in [2.05, 4.69) is 187 Å². The lowest BCUT2D eigenvalue weighted by Crippen LogP contribution is -2.26. The molecule has 8 aromatic rings. The van der Waals surface area contributed by atoms with Gasteiger partial charge in [-0.25, -0.2) is 0 Å². The van der Waals surface area contributed by atoms with Gasteiger partial charge in [0, 0.05) is 59.3 Å². The second kappa shape index (κ2) is 11.0. The maximum absolute atomic E-state index is 2.55. The van der Waals surface area contributed by atoms with Gasteiger partial charge in [-0.1, -0.05) is 117 Å². The van der Waals surface area contributed by atoms with Crippen molar-refractivity contribution in [2.45, 2.75) is 25.7 Å². The Morgan fingerprint density at radius 1 is 0.673 bits per heavy atom. The number of fused-ring (bicyclic) bond motifs is 10. The zero-order chi connectivity index (χ0) is 34.6. The molecule has 0 saturated heterocycles. The van der Waals surface area contributed by atoms with Gasteiger partial charge in [0.1, 0.15) is 0 Å². The summed E-state index contributed by atoms with van der Waals surface area (Å²) < 4.78 is 5.29. The molecule has 0 bridgehead atoms. The first kappa shape index (κ1) is 29.8. The van der Waals surface area contributed by atoms with Crippen LogP contribution in [-0.4, -0.2) is 4.57 Å². The molecule has 1 unspecified atom stereocenters. The minimum atomic E-state index is -0.199. The van der Waals surface area contributed by atoms with E-state index < -0.39 is 0 Å². The first-order valence-electron chi connectivity index (χ1n) is 18.3. The van der Waals surface area contributed by atoms with E-state index >= 15 is 0 Å². The lowest BCUT2D eigenvalue weighted by molar-refractivity contribution is 0.631. The molecule has 3 heterocycles. The fourth-order valence-electron chi connectivity index (χ4n) is 9.11. The summed E-state index contributed by atoms with van der Waals surface area (Å²) in [5.74, 6) is 0.410. The molecule has 11 rings (SSSR count). The van der Waals surface area contributed by atoms with Crippen LogP contribution in [0.4, 0.5) is 11.4 Å². The molecule has 0 amide bonds. The number of aromatic nitrogens is 1. The van der Waals surface area contributed by atoms with Crippen molar-refractivity contribution < 1.29 is 0 Å². The van der Waals surface area contributed by atoms with Crippen LogP contribution in [0.25, 0.3) is 58.8 Å². The highest BCUT2D eigenvalue weighted by atomic mass is 32.1. The molecule has 248 valence electrons. The normalized spacial score (nSPS) is 17.0. The lowest BCUT2D eigenvalue weighted by Gasteiger charge is -2.35. The number of para-hydroxylation sites is 2. The highest BCUT2D eigenvalue weighted by Gasteiger charge is 2.37. The molecular weight excluding hydrogens is 649 g/mol. The molecule has 6 aromatic carbocycles. The number of anilines is 2. The van der Waals surface area contributed by atoms with Crippen molar-refractivity contribution in [3.63, 3.8) is 0 Å². The lowest BCUT2D eigenvalue weighted by atomic mass is 9.73. The molecule has 2 nitrogen and oxygen atoms in total. The molecule has 0 radical (unpaired) electrons. The fourth-order valence-corrected chi connectivity index (χ4v) is 10.4. The van der Waals surface area contributed by atoms with Crippen LogP contribution in [-0.2, 0) is 5.41 Å². The summed E-state index contributed by atoms with van der Waals surface area (Å²) in [5, 5.41) is 5.44. The van der Waals surface area contributed by atoms with Crippen LogP contribution < -0.4 is 4.90 Å². The molecule has 3 aliphatic rings. The van der Waals surface area contributed by atoms with Crippen molar-refractivity contribution >= 4 is 64.7 Å². The monoisotopic (exact) mass is 684 g/mol. The summed E-state index contributed by atoms with van der Waals surface area (Å²) in [6.07, 6.45) is 14.6. The van der Waals surface area contributed by atoms with Crippen molar-refractivity contribution in [3.8, 4) is 16.8 Å². The van der Waals surface area contributed by atoms with Crippen LogP contribution in [0, 0.1) is 5.92 Å². The second-order valence-corrected chi connectivity index (χ2v) is 15.9. The van der Waals surface area contributed by atoms with E-state index in [9.17, 15) is 0 Å². The Kier molecular flexibility index (Phi) is 6.33. The van der Waals surface area contributed by atoms with Gasteiger partial charge < -0.3 is 9.47 Å². The number of hydrogen-bond acceptors (Lipinski definition) is 2. The minimum Gasteiger partial charge on any atom is -0.310 e. The van der Waals surface area contributed by atoms with Gasteiger partial charge >= 0.3 is 0 Å². The summed E-state index contributed by atoms with van der Waals surface area (Å²) in [7, 11) is 0. The third-order valence-corrected chi connectivity index (χ3v) is 12.9. The predicted octanol–water partition coefficient (Wildman–Crippen LogP) is 13.6. The van der Waals surface area contributed by atoms with Crippen LogP contribution in [0.3, 0.4) is 0 Å². The summed E-state index contributed by atoms with van der Waals surface area (Å²) in [6, 6.07) is 47.5. The third-order valence-electron chi connectivity index (χ3n) is 11.7. The standard InChI is InChI=1S/C49H36N2S/c1-49(2)40-29-33(31-23-26-35(27-24-31)50(34-15-4-3-5-16-34)42-21-12-14-32-13-6-7-17-36(32)42)25-28-44(40)51-43-20-10-8-19-38(43)46-47(51)41(49)30-39-37-18-9-11-22-45(37)52-48(39)46/h3-13,15-30,32H,14H2,1-2H3. The van der Waals surface area contributed by atoms with Crippen LogP contribution in [0.5, 0.6) is 0 Å². The van der Waals surface area contributed by atoms with Crippen LogP contribution in [0.1, 0.15) is 31.4 Å². The maximum atomic E-state index is 2.55. The molecule has 1 atom stereocenters. The predicted molar refractivity (Wildman–Crippen MR) is 222 cm³/mol. The van der Waals surface area contributed by atoms with Gasteiger partial charge in [-0.05, 0) is 94.9 Å². The molecule has 52 heavy (non-hydrogen) atoms. The average molecular weight is 685 g/mol. The van der Waals surface area contributed by atoms with Crippen molar-refractivity contribution in [2.75, 3.05) is 4.90 Å². The van der Waals surface area contributed by atoms with Gasteiger partial charge in [0.15, 0.2) is 0 Å². The highest BCUT2D eigenvalue weighted by Crippen LogP contribution is 2.52. The van der Waals surface area contributed by atoms with E-state index in [4.69, 9.17) is 0 Å². The van der Waals surface area contributed by atoms with E-state index in [1.807, 2.05) is 11.3 Å². The number of benzene rings is 6. The van der Waals surface area contributed by atoms with Crippen molar-refractivity contribution in [2.24, 2.45) is 5.92 Å². The summed E-state index contributed by atoms with van der Waals surface area (Å²) >= 11 is 1.93. The number of allylic oxidation sites excluding steroid dienone is 7. The van der Waals surface area contributed by atoms with E-state index in [0.29, 0.717) is 5.92 Å². The molecule has 0 spiro atoms. The quantitative estimate of drug-likeness (QED) is 0.179. The fraction of sp³-hybridized carbons (Fsp3) is 0.102. The van der Waals surface area contributed by atoms with Crippen molar-refractivity contribution in [3.05, 3.63) is 186 Å². The molecule has 0 saturated carbocycles. The Hall–Kier alpha value is -5.90. The Balaban J connectivity index is 1.07. The highest BCUT2D eigenvalue weighted by molar-refractivity contribution is 7.26. The van der Waals surface area contributed by atoms with E-state index in [0.717, 1.165) is 17.8 Å². The summed E-state index contributed by atoms with van der Waals surface area (Å²) in [4.78, 5) is 2.41.